The molecule has 0 bridgehead atoms. The Bertz CT molecular complexity index is 484. The van der Waals surface area contributed by atoms with Crippen LogP contribution in [0.1, 0.15) is 43.6 Å². The summed E-state index contributed by atoms with van der Waals surface area (Å²) in [4.78, 5) is 12.6. The van der Waals surface area contributed by atoms with Crippen LogP contribution in [0.2, 0.25) is 0 Å². The van der Waals surface area contributed by atoms with Gasteiger partial charge in [0.1, 0.15) is 5.75 Å². The average molecular weight is 246 g/mol. The zero-order chi connectivity index (χ0) is 13.7. The minimum absolute atomic E-state index is 0.0937. The van der Waals surface area contributed by atoms with E-state index in [9.17, 15) is 4.79 Å². The van der Waals surface area contributed by atoms with Gasteiger partial charge in [0.25, 0.3) is 0 Å². The number of methoxy groups -OCH3 is 1. The van der Waals surface area contributed by atoms with E-state index >= 15 is 0 Å². The summed E-state index contributed by atoms with van der Waals surface area (Å²) in [5.74, 6) is 1.20. The Morgan fingerprint density at radius 3 is 2.11 bits per heavy atom. The number of rotatable bonds is 3. The van der Waals surface area contributed by atoms with Crippen LogP contribution in [0.3, 0.4) is 0 Å². The first-order valence-electron chi connectivity index (χ1n) is 6.42. The number of Topliss-reactive ketones (excluding diaryl/α,β-unsaturated/α-hetero) is 1. The molecule has 1 aliphatic rings. The van der Waals surface area contributed by atoms with E-state index in [0.717, 1.165) is 16.9 Å². The van der Waals surface area contributed by atoms with Crippen molar-refractivity contribution in [1.29, 1.82) is 0 Å². The molecule has 0 spiro atoms. The second-order valence-corrected chi connectivity index (χ2v) is 6.42. The van der Waals surface area contributed by atoms with Crippen LogP contribution in [-0.2, 0) is 0 Å². The lowest BCUT2D eigenvalue weighted by atomic mass is 9.97. The Kier molecular flexibility index (Phi) is 2.80. The van der Waals surface area contributed by atoms with Gasteiger partial charge >= 0.3 is 0 Å². The number of ketones is 1. The maximum Gasteiger partial charge on any atom is 0.167 e. The highest BCUT2D eigenvalue weighted by Crippen LogP contribution is 2.69. The van der Waals surface area contributed by atoms with Gasteiger partial charge in [0, 0.05) is 11.5 Å². The molecule has 0 aromatic heterocycles. The van der Waals surface area contributed by atoms with Crippen molar-refractivity contribution in [1.82, 2.24) is 0 Å². The van der Waals surface area contributed by atoms with Crippen LogP contribution in [0.25, 0.3) is 0 Å². The maximum atomic E-state index is 12.6. The van der Waals surface area contributed by atoms with E-state index in [1.54, 1.807) is 7.11 Å². The molecule has 18 heavy (non-hydrogen) atoms. The van der Waals surface area contributed by atoms with Gasteiger partial charge < -0.3 is 4.74 Å². The zero-order valence-electron chi connectivity index (χ0n) is 12.1. The Morgan fingerprint density at radius 2 is 1.72 bits per heavy atom. The van der Waals surface area contributed by atoms with Crippen molar-refractivity contribution in [2.45, 2.75) is 34.6 Å². The van der Waals surface area contributed by atoms with Gasteiger partial charge in [-0.3, -0.25) is 4.79 Å². The summed E-state index contributed by atoms with van der Waals surface area (Å²) in [6.07, 6.45) is 0. The molecule has 0 N–H and O–H groups in total. The van der Waals surface area contributed by atoms with Gasteiger partial charge in [0.2, 0.25) is 0 Å². The van der Waals surface area contributed by atoms with Crippen molar-refractivity contribution in [3.8, 4) is 5.75 Å². The van der Waals surface area contributed by atoms with Crippen molar-refractivity contribution < 1.29 is 9.53 Å². The van der Waals surface area contributed by atoms with E-state index in [-0.39, 0.29) is 22.5 Å². The quantitative estimate of drug-likeness (QED) is 0.757. The Balaban J connectivity index is 2.32. The molecule has 1 fully saturated rings. The number of hydrogen-bond donors (Lipinski definition) is 0. The molecule has 0 unspecified atom stereocenters. The molecule has 1 saturated carbocycles. The van der Waals surface area contributed by atoms with Crippen LogP contribution in [0, 0.1) is 23.7 Å². The van der Waals surface area contributed by atoms with Crippen molar-refractivity contribution in [2.75, 3.05) is 7.11 Å². The summed E-state index contributed by atoms with van der Waals surface area (Å²) < 4.78 is 5.18. The summed E-state index contributed by atoms with van der Waals surface area (Å²) in [5, 5.41) is 0. The third kappa shape index (κ3) is 1.66. The third-order valence-corrected chi connectivity index (χ3v) is 4.98. The molecule has 0 aliphatic heterocycles. The van der Waals surface area contributed by atoms with Gasteiger partial charge in [-0.15, -0.1) is 0 Å². The molecule has 2 heteroatoms. The second kappa shape index (κ2) is 3.84. The van der Waals surface area contributed by atoms with Crippen LogP contribution in [0.15, 0.2) is 18.2 Å². The van der Waals surface area contributed by atoms with Crippen molar-refractivity contribution in [3.63, 3.8) is 0 Å². The predicted octanol–water partition coefficient (Wildman–Crippen LogP) is 3.87. The van der Waals surface area contributed by atoms with E-state index in [1.165, 1.54) is 0 Å². The van der Waals surface area contributed by atoms with Crippen LogP contribution in [0.5, 0.6) is 5.75 Å². The Morgan fingerprint density at radius 1 is 1.17 bits per heavy atom. The molecule has 2 rings (SSSR count). The Hall–Kier alpha value is -1.31. The largest absolute Gasteiger partial charge is 0.497 e. The monoisotopic (exact) mass is 246 g/mol. The van der Waals surface area contributed by atoms with Crippen molar-refractivity contribution >= 4 is 5.78 Å². The van der Waals surface area contributed by atoms with Gasteiger partial charge in [-0.25, -0.2) is 0 Å². The summed E-state index contributed by atoms with van der Waals surface area (Å²) >= 11 is 0. The fraction of sp³-hybridized carbons (Fsp3) is 0.562. The van der Waals surface area contributed by atoms with E-state index in [1.807, 2.05) is 25.1 Å². The third-order valence-electron chi connectivity index (χ3n) is 4.98. The molecule has 0 heterocycles. The number of hydrogen-bond acceptors (Lipinski definition) is 2. The number of aryl methyl sites for hydroxylation is 1. The minimum Gasteiger partial charge on any atom is -0.497 e. The SMILES string of the molecule is COc1ccc(C(=O)C2C(C)(C)C2(C)C)c(C)c1. The van der Waals surface area contributed by atoms with Crippen molar-refractivity contribution in [3.05, 3.63) is 29.3 Å². The fourth-order valence-corrected chi connectivity index (χ4v) is 3.05. The molecule has 0 radical (unpaired) electrons. The Labute approximate surface area is 109 Å². The first kappa shape index (κ1) is 13.1. The smallest absolute Gasteiger partial charge is 0.167 e. The topological polar surface area (TPSA) is 26.3 Å². The highest BCUT2D eigenvalue weighted by atomic mass is 16.5. The number of ether oxygens (including phenoxy) is 1. The average Bonchev–Trinajstić information content (AvgIpc) is 2.68. The highest BCUT2D eigenvalue weighted by molar-refractivity contribution is 6.02. The lowest BCUT2D eigenvalue weighted by Gasteiger charge is -2.08. The van der Waals surface area contributed by atoms with Crippen LogP contribution in [0.4, 0.5) is 0 Å². The fourth-order valence-electron chi connectivity index (χ4n) is 3.05. The van der Waals surface area contributed by atoms with E-state index in [4.69, 9.17) is 4.74 Å². The molecule has 1 aliphatic carbocycles. The summed E-state index contributed by atoms with van der Waals surface area (Å²) in [6, 6.07) is 5.68. The molecule has 0 amide bonds. The lowest BCUT2D eigenvalue weighted by Crippen LogP contribution is -2.09. The van der Waals surface area contributed by atoms with Crippen molar-refractivity contribution in [2.24, 2.45) is 16.7 Å². The molecule has 1 aromatic carbocycles. The van der Waals surface area contributed by atoms with Gasteiger partial charge in [0.05, 0.1) is 7.11 Å². The summed E-state index contributed by atoms with van der Waals surface area (Å²) in [7, 11) is 1.64. The molecule has 98 valence electrons. The van der Waals surface area contributed by atoms with E-state index in [0.29, 0.717) is 0 Å². The van der Waals surface area contributed by atoms with Crippen LogP contribution in [-0.4, -0.2) is 12.9 Å². The second-order valence-electron chi connectivity index (χ2n) is 6.42. The molecule has 2 nitrogen and oxygen atoms in total. The molecular weight excluding hydrogens is 224 g/mol. The van der Waals surface area contributed by atoms with Gasteiger partial charge in [-0.2, -0.15) is 0 Å². The van der Waals surface area contributed by atoms with Gasteiger partial charge in [-0.05, 0) is 41.5 Å². The van der Waals surface area contributed by atoms with Gasteiger partial charge in [0.15, 0.2) is 5.78 Å². The lowest BCUT2D eigenvalue weighted by molar-refractivity contribution is 0.0944. The standard InChI is InChI=1S/C16H22O2/c1-10-9-11(18-6)7-8-12(10)13(17)14-15(2,3)16(14,4)5/h7-9,14H,1-6H3. The first-order chi connectivity index (χ1) is 8.23. The first-order valence-corrected chi connectivity index (χ1v) is 6.42. The number of benzene rings is 1. The predicted molar refractivity (Wildman–Crippen MR) is 73.1 cm³/mol. The minimum atomic E-state index is 0.0937. The molecule has 0 atom stereocenters. The zero-order valence-corrected chi connectivity index (χ0v) is 12.1. The van der Waals surface area contributed by atoms with E-state index < -0.39 is 0 Å². The molecule has 1 aromatic rings. The van der Waals surface area contributed by atoms with E-state index in [2.05, 4.69) is 27.7 Å². The maximum absolute atomic E-state index is 12.6. The number of carbonyl (C=O) groups excluding carboxylic acids is 1. The summed E-state index contributed by atoms with van der Waals surface area (Å²) in [6.45, 7) is 10.7. The highest BCUT2D eigenvalue weighted by Gasteiger charge is 2.67. The van der Waals surface area contributed by atoms with Crippen LogP contribution >= 0.6 is 0 Å². The number of carbonyl (C=O) groups is 1. The summed E-state index contributed by atoms with van der Waals surface area (Å²) in [5.41, 5.74) is 2.02. The van der Waals surface area contributed by atoms with Gasteiger partial charge in [-0.1, -0.05) is 27.7 Å². The molecular formula is C16H22O2. The molecule has 0 saturated heterocycles. The normalized spacial score (nSPS) is 20.6. The van der Waals surface area contributed by atoms with Crippen LogP contribution < -0.4 is 4.74 Å².